The number of carbonyl (C=O) groups is 2. The quantitative estimate of drug-likeness (QED) is 0.678. The molecular weight excluding hydrogens is 394 g/mol. The Morgan fingerprint density at radius 2 is 1.76 bits per heavy atom. The highest BCUT2D eigenvalue weighted by Crippen LogP contribution is 2.32. The van der Waals surface area contributed by atoms with Crippen LogP contribution in [0, 0.1) is 0 Å². The van der Waals surface area contributed by atoms with Crippen molar-refractivity contribution in [2.24, 2.45) is 0 Å². The monoisotopic (exact) mass is 421 g/mol. The van der Waals surface area contributed by atoms with Crippen LogP contribution in [0.1, 0.15) is 18.4 Å². The lowest BCUT2D eigenvalue weighted by Gasteiger charge is -2.47. The summed E-state index contributed by atoms with van der Waals surface area (Å²) in [5, 5.41) is 5.55. The molecule has 1 aromatic carbocycles. The third-order valence-electron chi connectivity index (χ3n) is 5.78. The number of ether oxygens (including phenoxy) is 3. The van der Waals surface area contributed by atoms with Gasteiger partial charge in [0, 0.05) is 56.4 Å². The molecule has 0 atom stereocenters. The van der Waals surface area contributed by atoms with Gasteiger partial charge in [0.05, 0.1) is 0 Å². The zero-order chi connectivity index (χ0) is 20.1. The van der Waals surface area contributed by atoms with E-state index >= 15 is 0 Å². The van der Waals surface area contributed by atoms with Crippen LogP contribution in [0.2, 0.25) is 0 Å². The number of amides is 2. The fraction of sp³-hybridized carbons (Fsp3) is 0.600. The standard InChI is InChI=1S/C20H27N3O5S/c24-18(21-12-15-1-2-16-17(11-15)28-14-27-16)19(25)22-13-20(3-7-26-8-4-20)23-5-9-29-10-6-23/h1-2,11H,3-10,12-14H2,(H,21,24)(H,22,25). The van der Waals surface area contributed by atoms with Crippen LogP contribution in [0.5, 0.6) is 11.5 Å². The highest BCUT2D eigenvalue weighted by molar-refractivity contribution is 7.99. The van der Waals surface area contributed by atoms with Gasteiger partial charge in [0.25, 0.3) is 0 Å². The Kier molecular flexibility index (Phi) is 6.46. The van der Waals surface area contributed by atoms with Crippen LogP contribution in [0.25, 0.3) is 0 Å². The maximum Gasteiger partial charge on any atom is 0.309 e. The average molecular weight is 422 g/mol. The molecule has 0 radical (unpaired) electrons. The van der Waals surface area contributed by atoms with Gasteiger partial charge in [-0.2, -0.15) is 11.8 Å². The van der Waals surface area contributed by atoms with Crippen molar-refractivity contribution in [3.63, 3.8) is 0 Å². The van der Waals surface area contributed by atoms with Gasteiger partial charge in [-0.05, 0) is 30.5 Å². The van der Waals surface area contributed by atoms with E-state index in [9.17, 15) is 9.59 Å². The molecule has 0 aromatic heterocycles. The van der Waals surface area contributed by atoms with Gasteiger partial charge in [0.2, 0.25) is 6.79 Å². The lowest BCUT2D eigenvalue weighted by molar-refractivity contribution is -0.140. The molecule has 2 fully saturated rings. The summed E-state index contributed by atoms with van der Waals surface area (Å²) in [6.07, 6.45) is 1.74. The number of thioether (sulfide) groups is 1. The third kappa shape index (κ3) is 4.79. The van der Waals surface area contributed by atoms with Crippen LogP contribution in [0.3, 0.4) is 0 Å². The van der Waals surface area contributed by atoms with Crippen molar-refractivity contribution < 1.29 is 23.8 Å². The minimum absolute atomic E-state index is 0.119. The fourth-order valence-corrected chi connectivity index (χ4v) is 4.94. The van der Waals surface area contributed by atoms with Crippen LogP contribution in [-0.4, -0.2) is 73.4 Å². The van der Waals surface area contributed by atoms with Gasteiger partial charge < -0.3 is 24.8 Å². The minimum atomic E-state index is -0.626. The maximum atomic E-state index is 12.4. The molecule has 3 aliphatic heterocycles. The van der Waals surface area contributed by atoms with Gasteiger partial charge in [0.15, 0.2) is 11.5 Å². The molecule has 3 heterocycles. The molecule has 29 heavy (non-hydrogen) atoms. The lowest BCUT2D eigenvalue weighted by Crippen LogP contribution is -2.61. The van der Waals surface area contributed by atoms with Crippen LogP contribution in [0.4, 0.5) is 0 Å². The van der Waals surface area contributed by atoms with Gasteiger partial charge in [-0.1, -0.05) is 6.07 Å². The summed E-state index contributed by atoms with van der Waals surface area (Å²) in [7, 11) is 0. The van der Waals surface area contributed by atoms with Crippen molar-refractivity contribution >= 4 is 23.6 Å². The molecule has 2 N–H and O–H groups in total. The molecule has 158 valence electrons. The molecule has 0 saturated carbocycles. The summed E-state index contributed by atoms with van der Waals surface area (Å²) in [5.74, 6) is 2.33. The van der Waals surface area contributed by atoms with Gasteiger partial charge >= 0.3 is 11.8 Å². The summed E-state index contributed by atoms with van der Waals surface area (Å²) in [5.41, 5.74) is 0.731. The molecule has 0 spiro atoms. The lowest BCUT2D eigenvalue weighted by atomic mass is 9.87. The Morgan fingerprint density at radius 1 is 1.03 bits per heavy atom. The molecule has 0 bridgehead atoms. The first kappa shape index (κ1) is 20.3. The molecular formula is C20H27N3O5S. The van der Waals surface area contributed by atoms with Gasteiger partial charge in [-0.15, -0.1) is 0 Å². The number of hydrogen-bond donors (Lipinski definition) is 2. The molecule has 2 saturated heterocycles. The van der Waals surface area contributed by atoms with Gasteiger partial charge in [0.1, 0.15) is 0 Å². The van der Waals surface area contributed by atoms with E-state index in [1.807, 2.05) is 23.9 Å². The number of nitrogens with zero attached hydrogens (tertiary/aromatic N) is 1. The fourth-order valence-electron chi connectivity index (χ4n) is 4.03. The summed E-state index contributed by atoms with van der Waals surface area (Å²) in [6.45, 7) is 4.33. The summed E-state index contributed by atoms with van der Waals surface area (Å²) in [4.78, 5) is 27.1. The van der Waals surface area contributed by atoms with E-state index in [1.54, 1.807) is 6.07 Å². The number of fused-ring (bicyclic) bond motifs is 1. The predicted octanol–water partition coefficient (Wildman–Crippen LogP) is 0.746. The number of nitrogens with one attached hydrogen (secondary N) is 2. The van der Waals surface area contributed by atoms with Gasteiger partial charge in [-0.3, -0.25) is 14.5 Å². The second-order valence-electron chi connectivity index (χ2n) is 7.49. The smallest absolute Gasteiger partial charge is 0.309 e. The van der Waals surface area contributed by atoms with Crippen molar-refractivity contribution in [1.82, 2.24) is 15.5 Å². The first-order valence-corrected chi connectivity index (χ1v) is 11.2. The van der Waals surface area contributed by atoms with Crippen LogP contribution >= 0.6 is 11.8 Å². The van der Waals surface area contributed by atoms with Crippen molar-refractivity contribution in [1.29, 1.82) is 0 Å². The molecule has 4 rings (SSSR count). The largest absolute Gasteiger partial charge is 0.454 e. The normalized spacial score (nSPS) is 20.8. The number of hydrogen-bond acceptors (Lipinski definition) is 7. The van der Waals surface area contributed by atoms with E-state index in [4.69, 9.17) is 14.2 Å². The van der Waals surface area contributed by atoms with Crippen LogP contribution in [-0.2, 0) is 20.9 Å². The molecule has 9 heteroatoms. The summed E-state index contributed by atoms with van der Waals surface area (Å²) >= 11 is 1.96. The molecule has 0 unspecified atom stereocenters. The number of carbonyl (C=O) groups excluding carboxylic acids is 2. The first-order chi connectivity index (χ1) is 14.2. The molecule has 2 amide bonds. The highest BCUT2D eigenvalue weighted by atomic mass is 32.2. The van der Waals surface area contributed by atoms with Crippen molar-refractivity contribution in [3.8, 4) is 11.5 Å². The van der Waals surface area contributed by atoms with Gasteiger partial charge in [-0.25, -0.2) is 0 Å². The Hall–Kier alpha value is -1.97. The predicted molar refractivity (Wildman–Crippen MR) is 109 cm³/mol. The third-order valence-corrected chi connectivity index (χ3v) is 6.72. The number of rotatable bonds is 5. The van der Waals surface area contributed by atoms with E-state index in [0.29, 0.717) is 31.3 Å². The highest BCUT2D eigenvalue weighted by Gasteiger charge is 2.39. The SMILES string of the molecule is O=C(NCc1ccc2c(c1)OCO2)C(=O)NCC1(N2CCSCC2)CCOCC1. The average Bonchev–Trinajstić information content (AvgIpc) is 3.25. The van der Waals surface area contributed by atoms with E-state index in [2.05, 4.69) is 15.5 Å². The van der Waals surface area contributed by atoms with E-state index < -0.39 is 11.8 Å². The van der Waals surface area contributed by atoms with Crippen molar-refractivity contribution in [3.05, 3.63) is 23.8 Å². The van der Waals surface area contributed by atoms with Crippen molar-refractivity contribution in [2.45, 2.75) is 24.9 Å². The summed E-state index contributed by atoms with van der Waals surface area (Å²) < 4.78 is 16.2. The van der Waals surface area contributed by atoms with Crippen molar-refractivity contribution in [2.75, 3.05) is 51.1 Å². The maximum absolute atomic E-state index is 12.4. The zero-order valence-electron chi connectivity index (χ0n) is 16.4. The molecule has 3 aliphatic rings. The second kappa shape index (κ2) is 9.23. The zero-order valence-corrected chi connectivity index (χ0v) is 17.2. The van der Waals surface area contributed by atoms with Crippen LogP contribution < -0.4 is 20.1 Å². The summed E-state index contributed by atoms with van der Waals surface area (Å²) in [6, 6.07) is 5.46. The van der Waals surface area contributed by atoms with E-state index in [1.165, 1.54) is 0 Å². The minimum Gasteiger partial charge on any atom is -0.454 e. The Balaban J connectivity index is 1.29. The van der Waals surface area contributed by atoms with E-state index in [0.717, 1.165) is 43.0 Å². The Morgan fingerprint density at radius 3 is 2.55 bits per heavy atom. The van der Waals surface area contributed by atoms with E-state index in [-0.39, 0.29) is 18.9 Å². The molecule has 8 nitrogen and oxygen atoms in total. The Bertz CT molecular complexity index is 748. The van der Waals surface area contributed by atoms with Crippen LogP contribution in [0.15, 0.2) is 18.2 Å². The topological polar surface area (TPSA) is 89.1 Å². The molecule has 0 aliphatic carbocycles. The first-order valence-electron chi connectivity index (χ1n) is 10.0. The Labute approximate surface area is 174 Å². The second-order valence-corrected chi connectivity index (χ2v) is 8.71. The number of benzene rings is 1. The molecule has 1 aromatic rings.